The van der Waals surface area contributed by atoms with Crippen LogP contribution in [0.5, 0.6) is 0 Å². The second-order valence-electron chi connectivity index (χ2n) is 3.22. The van der Waals surface area contributed by atoms with E-state index in [1.807, 2.05) is 0 Å². The second kappa shape index (κ2) is 5.21. The Kier molecular flexibility index (Phi) is 4.06. The summed E-state index contributed by atoms with van der Waals surface area (Å²) in [7, 11) is 0. The number of halogens is 5. The zero-order valence-corrected chi connectivity index (χ0v) is 11.9. The van der Waals surface area contributed by atoms with Crippen molar-refractivity contribution in [3.8, 4) is 11.1 Å². The maximum Gasteiger partial charge on any atom is 0.0683 e. The molecular formula is C11H4Cl5N. The van der Waals surface area contributed by atoms with E-state index < -0.39 is 0 Å². The van der Waals surface area contributed by atoms with Crippen molar-refractivity contribution >= 4 is 58.0 Å². The monoisotopic (exact) mass is 325 g/mol. The third-order valence-electron chi connectivity index (χ3n) is 2.11. The van der Waals surface area contributed by atoms with Crippen LogP contribution >= 0.6 is 58.0 Å². The van der Waals surface area contributed by atoms with Gasteiger partial charge in [-0.2, -0.15) is 0 Å². The maximum atomic E-state index is 6.11. The van der Waals surface area contributed by atoms with Crippen molar-refractivity contribution < 1.29 is 0 Å². The van der Waals surface area contributed by atoms with Gasteiger partial charge in [0, 0.05) is 28.5 Å². The van der Waals surface area contributed by atoms with Crippen molar-refractivity contribution in [3.05, 3.63) is 49.6 Å². The van der Waals surface area contributed by atoms with E-state index in [9.17, 15) is 0 Å². The van der Waals surface area contributed by atoms with E-state index in [-0.39, 0.29) is 0 Å². The van der Waals surface area contributed by atoms with Crippen molar-refractivity contribution in [2.45, 2.75) is 0 Å². The first kappa shape index (κ1) is 13.3. The largest absolute Gasteiger partial charge is 0.262 e. The fraction of sp³-hybridized carbons (Fsp3) is 0. The molecule has 0 aliphatic rings. The lowest BCUT2D eigenvalue weighted by Gasteiger charge is -2.11. The molecule has 0 radical (unpaired) electrons. The minimum atomic E-state index is 0.378. The fourth-order valence-electron chi connectivity index (χ4n) is 1.43. The first-order chi connectivity index (χ1) is 8.00. The standard InChI is InChI=1S/C11H4Cl5N/c12-5-1-6(13)10(7(14)2-5)11-8(15)3-17-4-9(11)16/h1-4H. The molecule has 1 aromatic carbocycles. The van der Waals surface area contributed by atoms with Gasteiger partial charge < -0.3 is 0 Å². The van der Waals surface area contributed by atoms with Crippen molar-refractivity contribution in [2.24, 2.45) is 0 Å². The highest BCUT2D eigenvalue weighted by atomic mass is 35.5. The molecule has 0 aliphatic heterocycles. The summed E-state index contributed by atoms with van der Waals surface area (Å²) in [4.78, 5) is 3.87. The molecule has 0 aliphatic carbocycles. The van der Waals surface area contributed by atoms with Gasteiger partial charge in [-0.1, -0.05) is 58.0 Å². The van der Waals surface area contributed by atoms with Crippen LogP contribution in [0.25, 0.3) is 11.1 Å². The van der Waals surface area contributed by atoms with E-state index in [0.717, 1.165) is 0 Å². The van der Waals surface area contributed by atoms with Crippen LogP contribution in [0.15, 0.2) is 24.5 Å². The molecule has 2 rings (SSSR count). The Morgan fingerprint density at radius 2 is 1.06 bits per heavy atom. The van der Waals surface area contributed by atoms with Crippen molar-refractivity contribution in [3.63, 3.8) is 0 Å². The molecule has 17 heavy (non-hydrogen) atoms. The molecule has 6 heteroatoms. The first-order valence-corrected chi connectivity index (χ1v) is 6.33. The number of hydrogen-bond donors (Lipinski definition) is 0. The average molecular weight is 327 g/mol. The van der Waals surface area contributed by atoms with Crippen LogP contribution in [0.4, 0.5) is 0 Å². The Hall–Kier alpha value is -0.180. The van der Waals surface area contributed by atoms with Gasteiger partial charge in [0.05, 0.1) is 20.1 Å². The zero-order valence-electron chi connectivity index (χ0n) is 8.15. The molecule has 0 amide bonds. The molecule has 2 aromatic rings. The van der Waals surface area contributed by atoms with E-state index in [4.69, 9.17) is 58.0 Å². The average Bonchev–Trinajstić information content (AvgIpc) is 2.21. The molecule has 0 atom stereocenters. The predicted molar refractivity (Wildman–Crippen MR) is 74.7 cm³/mol. The molecule has 88 valence electrons. The summed E-state index contributed by atoms with van der Waals surface area (Å²) in [5.41, 5.74) is 1.10. The van der Waals surface area contributed by atoms with Gasteiger partial charge in [0.2, 0.25) is 0 Å². The summed E-state index contributed by atoms with van der Waals surface area (Å²) in [6.45, 7) is 0. The van der Waals surface area contributed by atoms with E-state index in [1.165, 1.54) is 12.4 Å². The molecule has 1 nitrogen and oxygen atoms in total. The number of aromatic nitrogens is 1. The van der Waals surface area contributed by atoms with Crippen LogP contribution in [0, 0.1) is 0 Å². The number of hydrogen-bond acceptors (Lipinski definition) is 1. The minimum Gasteiger partial charge on any atom is -0.262 e. The molecule has 0 fully saturated rings. The topological polar surface area (TPSA) is 12.9 Å². The van der Waals surface area contributed by atoms with Crippen LogP contribution in [-0.2, 0) is 0 Å². The molecule has 0 bridgehead atoms. The van der Waals surface area contributed by atoms with E-state index in [2.05, 4.69) is 4.98 Å². The van der Waals surface area contributed by atoms with Crippen LogP contribution in [0.2, 0.25) is 25.1 Å². The van der Waals surface area contributed by atoms with E-state index in [0.29, 0.717) is 36.2 Å². The highest BCUT2D eigenvalue weighted by molar-refractivity contribution is 6.45. The van der Waals surface area contributed by atoms with E-state index >= 15 is 0 Å². The Labute approximate surface area is 123 Å². The number of pyridine rings is 1. The van der Waals surface area contributed by atoms with Gasteiger partial charge in [0.25, 0.3) is 0 Å². The lowest BCUT2D eigenvalue weighted by molar-refractivity contribution is 1.33. The van der Waals surface area contributed by atoms with Gasteiger partial charge in [0.1, 0.15) is 0 Å². The Balaban J connectivity index is 2.77. The molecular weight excluding hydrogens is 323 g/mol. The van der Waals surface area contributed by atoms with Gasteiger partial charge in [-0.05, 0) is 12.1 Å². The van der Waals surface area contributed by atoms with Gasteiger partial charge in [0.15, 0.2) is 0 Å². The van der Waals surface area contributed by atoms with Gasteiger partial charge in [-0.3, -0.25) is 4.98 Å². The van der Waals surface area contributed by atoms with Crippen molar-refractivity contribution in [2.75, 3.05) is 0 Å². The van der Waals surface area contributed by atoms with Crippen molar-refractivity contribution in [1.29, 1.82) is 0 Å². The quantitative estimate of drug-likeness (QED) is 0.624. The highest BCUT2D eigenvalue weighted by Gasteiger charge is 2.16. The summed E-state index contributed by atoms with van der Waals surface area (Å²) in [6.07, 6.45) is 2.95. The van der Waals surface area contributed by atoms with Crippen molar-refractivity contribution in [1.82, 2.24) is 4.98 Å². The number of rotatable bonds is 1. The molecule has 0 N–H and O–H groups in total. The van der Waals surface area contributed by atoms with Gasteiger partial charge in [-0.25, -0.2) is 0 Å². The number of nitrogens with zero attached hydrogens (tertiary/aromatic N) is 1. The Morgan fingerprint density at radius 3 is 1.53 bits per heavy atom. The molecule has 0 spiro atoms. The molecule has 0 saturated carbocycles. The second-order valence-corrected chi connectivity index (χ2v) is 5.29. The predicted octanol–water partition coefficient (Wildman–Crippen LogP) is 6.02. The highest BCUT2D eigenvalue weighted by Crippen LogP contribution is 2.43. The molecule has 0 unspecified atom stereocenters. The minimum absolute atomic E-state index is 0.378. The summed E-state index contributed by atoms with van der Waals surface area (Å²) in [5, 5.41) is 1.98. The zero-order chi connectivity index (χ0) is 12.6. The molecule has 0 saturated heterocycles. The third-order valence-corrected chi connectivity index (χ3v) is 3.50. The lowest BCUT2D eigenvalue weighted by atomic mass is 10.1. The van der Waals surface area contributed by atoms with Crippen LogP contribution < -0.4 is 0 Å². The van der Waals surface area contributed by atoms with Crippen LogP contribution in [-0.4, -0.2) is 4.98 Å². The molecule has 1 aromatic heterocycles. The first-order valence-electron chi connectivity index (χ1n) is 4.44. The van der Waals surface area contributed by atoms with E-state index in [1.54, 1.807) is 12.1 Å². The smallest absolute Gasteiger partial charge is 0.0683 e. The van der Waals surface area contributed by atoms with Gasteiger partial charge >= 0.3 is 0 Å². The third kappa shape index (κ3) is 2.64. The van der Waals surface area contributed by atoms with Crippen LogP contribution in [0.1, 0.15) is 0 Å². The fourth-order valence-corrected chi connectivity index (χ4v) is 2.99. The Bertz CT molecular complexity index is 539. The normalized spacial score (nSPS) is 10.6. The summed E-state index contributed by atoms with van der Waals surface area (Å²) < 4.78 is 0. The number of benzene rings is 1. The summed E-state index contributed by atoms with van der Waals surface area (Å²) in [6, 6.07) is 3.16. The molecule has 1 heterocycles. The SMILES string of the molecule is Clc1cc(Cl)c(-c2c(Cl)cncc2Cl)c(Cl)c1. The maximum absolute atomic E-state index is 6.11. The lowest BCUT2D eigenvalue weighted by Crippen LogP contribution is -1.87. The van der Waals surface area contributed by atoms with Gasteiger partial charge in [-0.15, -0.1) is 0 Å². The van der Waals surface area contributed by atoms with Crippen LogP contribution in [0.3, 0.4) is 0 Å². The summed E-state index contributed by atoms with van der Waals surface area (Å²) in [5.74, 6) is 0. The summed E-state index contributed by atoms with van der Waals surface area (Å²) >= 11 is 30.2. The Morgan fingerprint density at radius 1 is 0.647 bits per heavy atom.